The van der Waals surface area contributed by atoms with E-state index in [2.05, 4.69) is 30.9 Å². The summed E-state index contributed by atoms with van der Waals surface area (Å²) in [7, 11) is 1.79. The first kappa shape index (κ1) is 17.1. The number of hydrogen-bond acceptors (Lipinski definition) is 7. The molecule has 0 saturated carbocycles. The number of carbonyl (C=O) groups is 1. The number of carbonyl (C=O) groups excluding carboxylic acids is 1. The molecule has 0 saturated heterocycles. The average Bonchev–Trinajstić information content (AvgIpc) is 3.09. The molecule has 0 bridgehead atoms. The second kappa shape index (κ2) is 7.45. The molecule has 3 N–H and O–H groups in total. The third kappa shape index (κ3) is 4.23. The molecule has 1 aromatic carbocycles. The molecule has 0 aliphatic heterocycles. The summed E-state index contributed by atoms with van der Waals surface area (Å²) in [6, 6.07) is 6.88. The maximum Gasteiger partial charge on any atom is 0.258 e. The molecule has 2 aromatic heterocycles. The molecule has 3 aromatic rings. The standard InChI is InChI=1S/C16H15ClN6OS/c1-9-5-13(18-2)23-16(20-9)21-10-3-4-12(17)11(6-10)15(24)22-14-7-25-8-19-14/h3-8H,1-2H3,(H,22,24)(H2,18,20,21,23). The minimum Gasteiger partial charge on any atom is -0.373 e. The number of aryl methyl sites for hydroxylation is 1. The highest BCUT2D eigenvalue weighted by atomic mass is 35.5. The van der Waals surface area contributed by atoms with E-state index in [0.29, 0.717) is 33.9 Å². The maximum absolute atomic E-state index is 12.4. The van der Waals surface area contributed by atoms with E-state index in [1.807, 2.05) is 13.0 Å². The van der Waals surface area contributed by atoms with Crippen LogP contribution in [0.15, 0.2) is 35.2 Å². The second-order valence-corrected chi connectivity index (χ2v) is 6.24. The van der Waals surface area contributed by atoms with Gasteiger partial charge in [0.1, 0.15) is 11.6 Å². The van der Waals surface area contributed by atoms with Gasteiger partial charge in [-0.2, -0.15) is 4.98 Å². The molecular weight excluding hydrogens is 360 g/mol. The SMILES string of the molecule is CNc1cc(C)nc(Nc2ccc(Cl)c(C(=O)Nc3cscn3)c2)n1. The maximum atomic E-state index is 12.4. The van der Waals surface area contributed by atoms with Gasteiger partial charge in [0.25, 0.3) is 5.91 Å². The van der Waals surface area contributed by atoms with Crippen LogP contribution in [0.3, 0.4) is 0 Å². The van der Waals surface area contributed by atoms with Crippen LogP contribution in [0, 0.1) is 6.92 Å². The quantitative estimate of drug-likeness (QED) is 0.626. The van der Waals surface area contributed by atoms with Crippen molar-refractivity contribution in [1.29, 1.82) is 0 Å². The van der Waals surface area contributed by atoms with Gasteiger partial charge in [0, 0.05) is 29.9 Å². The molecule has 1 amide bonds. The Morgan fingerprint density at radius 2 is 2.04 bits per heavy atom. The summed E-state index contributed by atoms with van der Waals surface area (Å²) in [5, 5.41) is 10.9. The molecule has 0 spiro atoms. The molecule has 25 heavy (non-hydrogen) atoms. The van der Waals surface area contributed by atoms with E-state index in [1.54, 1.807) is 36.1 Å². The van der Waals surface area contributed by atoms with Gasteiger partial charge in [-0.05, 0) is 25.1 Å². The van der Waals surface area contributed by atoms with E-state index < -0.39 is 0 Å². The first-order chi connectivity index (χ1) is 12.0. The van der Waals surface area contributed by atoms with Gasteiger partial charge in [-0.25, -0.2) is 9.97 Å². The number of anilines is 4. The fourth-order valence-electron chi connectivity index (χ4n) is 2.12. The van der Waals surface area contributed by atoms with Crippen molar-refractivity contribution in [3.05, 3.63) is 51.4 Å². The summed E-state index contributed by atoms with van der Waals surface area (Å²) >= 11 is 7.56. The lowest BCUT2D eigenvalue weighted by molar-refractivity contribution is 0.102. The minimum atomic E-state index is -0.333. The summed E-state index contributed by atoms with van der Waals surface area (Å²) in [4.78, 5) is 25.1. The molecule has 0 aliphatic rings. The predicted molar refractivity (Wildman–Crippen MR) is 101 cm³/mol. The minimum absolute atomic E-state index is 0.333. The zero-order valence-corrected chi connectivity index (χ0v) is 15.1. The van der Waals surface area contributed by atoms with Crippen molar-refractivity contribution in [3.8, 4) is 0 Å². The molecule has 0 unspecified atom stereocenters. The third-order valence-corrected chi connectivity index (χ3v) is 4.17. The van der Waals surface area contributed by atoms with Gasteiger partial charge < -0.3 is 16.0 Å². The van der Waals surface area contributed by atoms with Crippen molar-refractivity contribution in [2.45, 2.75) is 6.92 Å². The van der Waals surface area contributed by atoms with Crippen molar-refractivity contribution in [3.63, 3.8) is 0 Å². The lowest BCUT2D eigenvalue weighted by Crippen LogP contribution is -2.13. The topological polar surface area (TPSA) is 91.8 Å². The van der Waals surface area contributed by atoms with E-state index in [0.717, 1.165) is 5.69 Å². The number of thiazole rings is 1. The number of halogens is 1. The smallest absolute Gasteiger partial charge is 0.258 e. The van der Waals surface area contributed by atoms with Crippen molar-refractivity contribution in [1.82, 2.24) is 15.0 Å². The molecule has 0 aliphatic carbocycles. The lowest BCUT2D eigenvalue weighted by Gasteiger charge is -2.10. The molecule has 0 atom stereocenters. The number of nitrogens with one attached hydrogen (secondary N) is 3. The fourth-order valence-corrected chi connectivity index (χ4v) is 2.80. The average molecular weight is 375 g/mol. The normalized spacial score (nSPS) is 10.4. The van der Waals surface area contributed by atoms with Crippen LogP contribution in [0.5, 0.6) is 0 Å². The van der Waals surface area contributed by atoms with Crippen LogP contribution in [0.1, 0.15) is 16.1 Å². The van der Waals surface area contributed by atoms with E-state index in [-0.39, 0.29) is 5.91 Å². The second-order valence-electron chi connectivity index (χ2n) is 5.12. The fraction of sp³-hybridized carbons (Fsp3) is 0.125. The number of aromatic nitrogens is 3. The summed E-state index contributed by atoms with van der Waals surface area (Å²) in [5.41, 5.74) is 3.45. The highest BCUT2D eigenvalue weighted by molar-refractivity contribution is 7.07. The summed E-state index contributed by atoms with van der Waals surface area (Å²) in [5.74, 6) is 1.29. The van der Waals surface area contributed by atoms with Crippen molar-refractivity contribution >= 4 is 52.1 Å². The molecule has 3 rings (SSSR count). The summed E-state index contributed by atoms with van der Waals surface area (Å²) in [6.07, 6.45) is 0. The van der Waals surface area contributed by atoms with Crippen LogP contribution in [-0.2, 0) is 0 Å². The Morgan fingerprint density at radius 1 is 1.20 bits per heavy atom. The number of benzene rings is 1. The lowest BCUT2D eigenvalue weighted by atomic mass is 10.2. The third-order valence-electron chi connectivity index (χ3n) is 3.25. The molecule has 9 heteroatoms. The van der Waals surface area contributed by atoms with Gasteiger partial charge >= 0.3 is 0 Å². The Labute approximate surface area is 153 Å². The van der Waals surface area contributed by atoms with E-state index >= 15 is 0 Å². The molecule has 0 radical (unpaired) electrons. The molecule has 2 heterocycles. The zero-order chi connectivity index (χ0) is 17.8. The number of amides is 1. The van der Waals surface area contributed by atoms with Crippen LogP contribution in [0.25, 0.3) is 0 Å². The van der Waals surface area contributed by atoms with Crippen molar-refractivity contribution in [2.24, 2.45) is 0 Å². The van der Waals surface area contributed by atoms with Crippen LogP contribution < -0.4 is 16.0 Å². The Morgan fingerprint density at radius 3 is 2.76 bits per heavy atom. The zero-order valence-electron chi connectivity index (χ0n) is 13.5. The molecule has 7 nitrogen and oxygen atoms in total. The van der Waals surface area contributed by atoms with Gasteiger partial charge in [0.05, 0.1) is 16.1 Å². The Kier molecular flexibility index (Phi) is 5.11. The van der Waals surface area contributed by atoms with Crippen LogP contribution >= 0.6 is 22.9 Å². The van der Waals surface area contributed by atoms with Crippen molar-refractivity contribution < 1.29 is 4.79 Å². The van der Waals surface area contributed by atoms with Crippen LogP contribution in [0.4, 0.5) is 23.3 Å². The van der Waals surface area contributed by atoms with Crippen LogP contribution in [0.2, 0.25) is 5.02 Å². The van der Waals surface area contributed by atoms with Gasteiger partial charge in [0.2, 0.25) is 5.95 Å². The summed E-state index contributed by atoms with van der Waals surface area (Å²) < 4.78 is 0. The highest BCUT2D eigenvalue weighted by Crippen LogP contribution is 2.24. The van der Waals surface area contributed by atoms with E-state index in [4.69, 9.17) is 11.6 Å². The van der Waals surface area contributed by atoms with Gasteiger partial charge in [-0.15, -0.1) is 11.3 Å². The summed E-state index contributed by atoms with van der Waals surface area (Å²) in [6.45, 7) is 1.88. The Hall–Kier alpha value is -2.71. The molecule has 0 fully saturated rings. The number of nitrogens with zero attached hydrogens (tertiary/aromatic N) is 3. The highest BCUT2D eigenvalue weighted by Gasteiger charge is 2.13. The van der Waals surface area contributed by atoms with Gasteiger partial charge in [0.15, 0.2) is 0 Å². The largest absolute Gasteiger partial charge is 0.373 e. The van der Waals surface area contributed by atoms with Crippen molar-refractivity contribution in [2.75, 3.05) is 23.0 Å². The Bertz CT molecular complexity index is 900. The first-order valence-corrected chi connectivity index (χ1v) is 8.67. The van der Waals surface area contributed by atoms with Crippen LogP contribution in [-0.4, -0.2) is 27.9 Å². The van der Waals surface area contributed by atoms with Gasteiger partial charge in [-0.1, -0.05) is 11.6 Å². The molecule has 128 valence electrons. The number of hydrogen-bond donors (Lipinski definition) is 3. The predicted octanol–water partition coefficient (Wildman–Crippen LogP) is 3.93. The number of rotatable bonds is 5. The monoisotopic (exact) mass is 374 g/mol. The van der Waals surface area contributed by atoms with E-state index in [1.165, 1.54) is 11.3 Å². The first-order valence-electron chi connectivity index (χ1n) is 7.34. The van der Waals surface area contributed by atoms with E-state index in [9.17, 15) is 4.79 Å². The Balaban J connectivity index is 1.84. The van der Waals surface area contributed by atoms with Gasteiger partial charge in [-0.3, -0.25) is 4.79 Å². The molecular formula is C16H15ClN6OS.